The molecule has 6 heteroatoms. The van der Waals surface area contributed by atoms with Crippen molar-refractivity contribution in [2.45, 2.75) is 20.4 Å². The summed E-state index contributed by atoms with van der Waals surface area (Å²) in [5, 5.41) is 9.04. The van der Waals surface area contributed by atoms with E-state index in [1.54, 1.807) is 0 Å². The van der Waals surface area contributed by atoms with Crippen LogP contribution in [0.5, 0.6) is 5.75 Å². The van der Waals surface area contributed by atoms with Gasteiger partial charge in [0.15, 0.2) is 6.61 Å². The molecule has 2 rings (SSSR count). The fourth-order valence-electron chi connectivity index (χ4n) is 1.50. The number of amides is 1. The Kier molecular flexibility index (Phi) is 4.12. The Hall–Kier alpha value is -2.37. The summed E-state index contributed by atoms with van der Waals surface area (Å²) in [6.07, 6.45) is 1.40. The van der Waals surface area contributed by atoms with Crippen molar-refractivity contribution in [2.75, 3.05) is 6.61 Å². The van der Waals surface area contributed by atoms with Crippen LogP contribution in [0.25, 0.3) is 0 Å². The largest absolute Gasteiger partial charge is 0.484 e. The van der Waals surface area contributed by atoms with Crippen LogP contribution in [0.3, 0.4) is 0 Å². The number of carbonyl (C=O) groups is 1. The summed E-state index contributed by atoms with van der Waals surface area (Å²) in [6, 6.07) is 5.74. The van der Waals surface area contributed by atoms with Crippen molar-refractivity contribution in [3.63, 3.8) is 0 Å². The Morgan fingerprint density at radius 1 is 1.37 bits per heavy atom. The molecule has 2 N–H and O–H groups in total. The molecule has 0 aliphatic rings. The first-order valence-electron chi connectivity index (χ1n) is 5.96. The zero-order valence-corrected chi connectivity index (χ0v) is 10.9. The number of hydrogen-bond donors (Lipinski definition) is 2. The van der Waals surface area contributed by atoms with Crippen LogP contribution in [0.15, 0.2) is 24.5 Å². The van der Waals surface area contributed by atoms with Gasteiger partial charge in [-0.2, -0.15) is 5.10 Å². The maximum atomic E-state index is 11.6. The number of rotatable bonds is 5. The number of nitrogens with one attached hydrogen (secondary N) is 2. The molecular weight excluding hydrogens is 244 g/mol. The van der Waals surface area contributed by atoms with Gasteiger partial charge in [0.1, 0.15) is 17.9 Å². The Bertz CT molecular complexity index is 552. The molecule has 0 atom stereocenters. The smallest absolute Gasteiger partial charge is 0.258 e. The second-order valence-electron chi connectivity index (χ2n) is 4.24. The molecule has 1 aromatic heterocycles. The minimum absolute atomic E-state index is 0.0172. The molecule has 100 valence electrons. The van der Waals surface area contributed by atoms with E-state index >= 15 is 0 Å². The fourth-order valence-corrected chi connectivity index (χ4v) is 1.50. The molecule has 0 unspecified atom stereocenters. The molecule has 1 aromatic carbocycles. The third-order valence-electron chi connectivity index (χ3n) is 2.77. The summed E-state index contributed by atoms with van der Waals surface area (Å²) >= 11 is 0. The Balaban J connectivity index is 1.78. The van der Waals surface area contributed by atoms with Gasteiger partial charge in [-0.1, -0.05) is 6.07 Å². The number of carbonyl (C=O) groups excluding carboxylic acids is 1. The fraction of sp³-hybridized carbons (Fsp3) is 0.308. The molecule has 0 fully saturated rings. The van der Waals surface area contributed by atoms with Crippen molar-refractivity contribution in [1.82, 2.24) is 20.5 Å². The first kappa shape index (κ1) is 13.1. The van der Waals surface area contributed by atoms with Crippen molar-refractivity contribution in [2.24, 2.45) is 0 Å². The van der Waals surface area contributed by atoms with Gasteiger partial charge in [0, 0.05) is 0 Å². The summed E-state index contributed by atoms with van der Waals surface area (Å²) in [6.45, 7) is 4.33. The van der Waals surface area contributed by atoms with Gasteiger partial charge in [0.05, 0.1) is 6.54 Å². The Labute approximate surface area is 111 Å². The van der Waals surface area contributed by atoms with Crippen LogP contribution in [0, 0.1) is 13.8 Å². The zero-order valence-electron chi connectivity index (χ0n) is 10.9. The van der Waals surface area contributed by atoms with E-state index in [9.17, 15) is 4.79 Å². The molecule has 0 radical (unpaired) electrons. The molecular formula is C13H16N4O2. The third kappa shape index (κ3) is 3.80. The van der Waals surface area contributed by atoms with Crippen molar-refractivity contribution < 1.29 is 9.53 Å². The molecule has 1 amide bonds. The molecule has 6 nitrogen and oxygen atoms in total. The maximum Gasteiger partial charge on any atom is 0.258 e. The van der Waals surface area contributed by atoms with Crippen LogP contribution in [0.2, 0.25) is 0 Å². The molecule has 0 saturated carbocycles. The van der Waals surface area contributed by atoms with E-state index in [0.717, 1.165) is 5.56 Å². The van der Waals surface area contributed by atoms with Gasteiger partial charge in [-0.25, -0.2) is 4.98 Å². The molecule has 0 aliphatic carbocycles. The van der Waals surface area contributed by atoms with Crippen molar-refractivity contribution in [3.05, 3.63) is 41.5 Å². The average Bonchev–Trinajstić information content (AvgIpc) is 2.91. The second-order valence-corrected chi connectivity index (χ2v) is 4.24. The standard InChI is InChI=1S/C13H16N4O2/c1-9-3-4-11(5-10(9)2)19-7-13(18)14-6-12-15-8-16-17-12/h3-5,8H,6-7H2,1-2H3,(H,14,18)(H,15,16,17). The summed E-state index contributed by atoms with van der Waals surface area (Å²) in [7, 11) is 0. The SMILES string of the molecule is Cc1ccc(OCC(=O)NCc2ncn[nH]2)cc1C. The number of aryl methyl sites for hydroxylation is 2. The van der Waals surface area contributed by atoms with Crippen molar-refractivity contribution in [1.29, 1.82) is 0 Å². The van der Waals surface area contributed by atoms with Crippen molar-refractivity contribution >= 4 is 5.91 Å². The van der Waals surface area contributed by atoms with E-state index < -0.39 is 0 Å². The van der Waals surface area contributed by atoms with Gasteiger partial charge in [0.2, 0.25) is 0 Å². The van der Waals surface area contributed by atoms with Crippen LogP contribution in [-0.4, -0.2) is 27.7 Å². The van der Waals surface area contributed by atoms with E-state index in [1.165, 1.54) is 11.9 Å². The Morgan fingerprint density at radius 2 is 2.21 bits per heavy atom. The summed E-state index contributed by atoms with van der Waals surface area (Å²) in [5.74, 6) is 1.10. The molecule has 0 aliphatic heterocycles. The van der Waals surface area contributed by atoms with E-state index in [2.05, 4.69) is 20.5 Å². The van der Waals surface area contributed by atoms with Gasteiger partial charge in [0.25, 0.3) is 5.91 Å². The monoisotopic (exact) mass is 260 g/mol. The van der Waals surface area contributed by atoms with E-state index in [0.29, 0.717) is 18.1 Å². The highest BCUT2D eigenvalue weighted by molar-refractivity contribution is 5.77. The van der Waals surface area contributed by atoms with Gasteiger partial charge in [-0.05, 0) is 37.1 Å². The van der Waals surface area contributed by atoms with Crippen molar-refractivity contribution in [3.8, 4) is 5.75 Å². The normalized spacial score (nSPS) is 10.2. The third-order valence-corrected chi connectivity index (χ3v) is 2.77. The van der Waals surface area contributed by atoms with Crippen LogP contribution in [0.1, 0.15) is 17.0 Å². The molecule has 2 aromatic rings. The minimum Gasteiger partial charge on any atom is -0.484 e. The highest BCUT2D eigenvalue weighted by Gasteiger charge is 2.04. The predicted molar refractivity (Wildman–Crippen MR) is 69.6 cm³/mol. The predicted octanol–water partition coefficient (Wildman–Crippen LogP) is 1.12. The number of nitrogens with zero attached hydrogens (tertiary/aromatic N) is 2. The minimum atomic E-state index is -0.199. The lowest BCUT2D eigenvalue weighted by atomic mass is 10.1. The van der Waals surface area contributed by atoms with Crippen LogP contribution < -0.4 is 10.1 Å². The first-order valence-corrected chi connectivity index (χ1v) is 5.96. The number of aromatic nitrogens is 3. The number of benzene rings is 1. The molecule has 0 saturated heterocycles. The van der Waals surface area contributed by atoms with E-state index in [4.69, 9.17) is 4.74 Å². The average molecular weight is 260 g/mol. The molecule has 0 spiro atoms. The van der Waals surface area contributed by atoms with Crippen LogP contribution >= 0.6 is 0 Å². The lowest BCUT2D eigenvalue weighted by Gasteiger charge is -2.08. The number of ether oxygens (including phenoxy) is 1. The second kappa shape index (κ2) is 5.99. The van der Waals surface area contributed by atoms with Crippen LogP contribution in [0.4, 0.5) is 0 Å². The van der Waals surface area contributed by atoms with E-state index in [-0.39, 0.29) is 12.5 Å². The van der Waals surface area contributed by atoms with Gasteiger partial charge in [-0.3, -0.25) is 9.89 Å². The van der Waals surface area contributed by atoms with Crippen LogP contribution in [-0.2, 0) is 11.3 Å². The number of hydrogen-bond acceptors (Lipinski definition) is 4. The molecule has 1 heterocycles. The summed E-state index contributed by atoms with van der Waals surface area (Å²) in [4.78, 5) is 15.5. The quantitative estimate of drug-likeness (QED) is 0.844. The highest BCUT2D eigenvalue weighted by Crippen LogP contribution is 2.16. The zero-order chi connectivity index (χ0) is 13.7. The maximum absolute atomic E-state index is 11.6. The Morgan fingerprint density at radius 3 is 2.89 bits per heavy atom. The summed E-state index contributed by atoms with van der Waals surface area (Å²) in [5.41, 5.74) is 2.33. The molecule has 19 heavy (non-hydrogen) atoms. The van der Waals surface area contributed by atoms with E-state index in [1.807, 2.05) is 32.0 Å². The topological polar surface area (TPSA) is 79.9 Å². The number of aromatic amines is 1. The van der Waals surface area contributed by atoms with Gasteiger partial charge < -0.3 is 10.1 Å². The van der Waals surface area contributed by atoms with Gasteiger partial charge in [-0.15, -0.1) is 0 Å². The first-order chi connectivity index (χ1) is 9.15. The van der Waals surface area contributed by atoms with Gasteiger partial charge >= 0.3 is 0 Å². The lowest BCUT2D eigenvalue weighted by molar-refractivity contribution is -0.123. The highest BCUT2D eigenvalue weighted by atomic mass is 16.5. The number of H-pyrrole nitrogens is 1. The summed E-state index contributed by atoms with van der Waals surface area (Å²) < 4.78 is 5.42. The molecule has 0 bridgehead atoms. The lowest BCUT2D eigenvalue weighted by Crippen LogP contribution is -2.28.